The Morgan fingerprint density at radius 3 is 1.83 bits per heavy atom. The zero-order chi connectivity index (χ0) is 34.1. The SMILES string of the molecule is CC(C)=CCCC(C)=CCCC(C)=CCSC[C@H](NC(=O)[C@H](NC(=O)OC(C)(C)C)C(c1ccccc1)c1ccccc1)C(=O)O. The molecule has 0 heterocycles. The van der Waals surface area contributed by atoms with E-state index in [9.17, 15) is 19.5 Å². The summed E-state index contributed by atoms with van der Waals surface area (Å²) in [5.74, 6) is -1.52. The van der Waals surface area contributed by atoms with Crippen molar-refractivity contribution in [3.05, 3.63) is 107 Å². The van der Waals surface area contributed by atoms with Crippen LogP contribution in [0.4, 0.5) is 4.79 Å². The maximum absolute atomic E-state index is 13.9. The number of carboxylic acids is 1. The van der Waals surface area contributed by atoms with Gasteiger partial charge in [0.1, 0.15) is 17.7 Å². The van der Waals surface area contributed by atoms with E-state index in [1.807, 2.05) is 60.7 Å². The zero-order valence-corrected chi connectivity index (χ0v) is 29.3. The highest BCUT2D eigenvalue weighted by molar-refractivity contribution is 7.99. The van der Waals surface area contributed by atoms with Gasteiger partial charge in [-0.1, -0.05) is 95.6 Å². The smallest absolute Gasteiger partial charge is 0.408 e. The molecule has 46 heavy (non-hydrogen) atoms. The zero-order valence-electron chi connectivity index (χ0n) is 28.5. The topological polar surface area (TPSA) is 105 Å². The lowest BCUT2D eigenvalue weighted by Crippen LogP contribution is -2.55. The van der Waals surface area contributed by atoms with Crippen LogP contribution in [0.2, 0.25) is 0 Å². The minimum Gasteiger partial charge on any atom is -0.480 e. The second kappa shape index (κ2) is 19.7. The first-order valence-corrected chi connectivity index (χ1v) is 17.1. The Labute approximate surface area is 280 Å². The third-order valence-electron chi connectivity index (χ3n) is 7.18. The summed E-state index contributed by atoms with van der Waals surface area (Å²) in [6, 6.07) is 16.5. The fourth-order valence-electron chi connectivity index (χ4n) is 4.80. The molecule has 0 saturated heterocycles. The third kappa shape index (κ3) is 15.0. The van der Waals surface area contributed by atoms with Crippen molar-refractivity contribution in [2.24, 2.45) is 0 Å². The van der Waals surface area contributed by atoms with E-state index in [1.165, 1.54) is 28.5 Å². The van der Waals surface area contributed by atoms with Crippen LogP contribution >= 0.6 is 11.8 Å². The molecule has 0 aliphatic rings. The largest absolute Gasteiger partial charge is 0.480 e. The van der Waals surface area contributed by atoms with Crippen LogP contribution in [0.15, 0.2) is 95.6 Å². The van der Waals surface area contributed by atoms with Crippen molar-refractivity contribution in [3.63, 3.8) is 0 Å². The Bertz CT molecular complexity index is 1300. The van der Waals surface area contributed by atoms with Crippen molar-refractivity contribution in [2.45, 2.75) is 97.8 Å². The molecule has 2 atom stereocenters. The standard InChI is InChI=1S/C38H52N2O5S/c1-27(2)16-14-17-28(3)18-15-19-29(4)24-25-46-26-32(36(42)43)39-35(41)34(40-37(44)45-38(5,6)7)33(30-20-10-8-11-21-30)31-22-12-9-13-23-31/h8-13,16,18,20-24,32-34H,14-15,17,19,25-26H2,1-7H3,(H,39,41)(H,40,44)(H,42,43)/t32-,34+/m0/s1. The number of carboxylic acid groups (broad SMARTS) is 1. The summed E-state index contributed by atoms with van der Waals surface area (Å²) in [7, 11) is 0. The number of thioether (sulfide) groups is 1. The van der Waals surface area contributed by atoms with Crippen LogP contribution in [0.3, 0.4) is 0 Å². The van der Waals surface area contributed by atoms with E-state index in [0.29, 0.717) is 5.75 Å². The number of alkyl carbamates (subject to hydrolysis) is 1. The summed E-state index contributed by atoms with van der Waals surface area (Å²) in [5, 5.41) is 15.5. The highest BCUT2D eigenvalue weighted by atomic mass is 32.2. The minimum atomic E-state index is -1.15. The number of carbonyl (C=O) groups is 3. The highest BCUT2D eigenvalue weighted by Gasteiger charge is 2.35. The van der Waals surface area contributed by atoms with Gasteiger partial charge in [0.15, 0.2) is 0 Å². The summed E-state index contributed by atoms with van der Waals surface area (Å²) in [4.78, 5) is 39.1. The molecule has 0 aliphatic carbocycles. The average Bonchev–Trinajstić information content (AvgIpc) is 2.98. The number of rotatable bonds is 17. The molecule has 0 saturated carbocycles. The number of amides is 2. The molecular formula is C38H52N2O5S. The van der Waals surface area contributed by atoms with Gasteiger partial charge < -0.3 is 20.5 Å². The van der Waals surface area contributed by atoms with Gasteiger partial charge in [-0.05, 0) is 85.3 Å². The Morgan fingerprint density at radius 1 is 0.804 bits per heavy atom. The van der Waals surface area contributed by atoms with Gasteiger partial charge in [0.25, 0.3) is 0 Å². The molecule has 7 nitrogen and oxygen atoms in total. The molecule has 2 aromatic carbocycles. The lowest BCUT2D eigenvalue weighted by Gasteiger charge is -2.30. The first kappa shape index (κ1) is 38.4. The average molecular weight is 649 g/mol. The number of ether oxygens (including phenoxy) is 1. The lowest BCUT2D eigenvalue weighted by molar-refractivity contribution is -0.141. The predicted molar refractivity (Wildman–Crippen MR) is 190 cm³/mol. The summed E-state index contributed by atoms with van der Waals surface area (Å²) in [5.41, 5.74) is 4.78. The van der Waals surface area contributed by atoms with E-state index in [1.54, 1.807) is 20.8 Å². The lowest BCUT2D eigenvalue weighted by atomic mass is 9.84. The summed E-state index contributed by atoms with van der Waals surface area (Å²) in [6.07, 6.45) is 9.95. The van der Waals surface area contributed by atoms with E-state index < -0.39 is 41.6 Å². The van der Waals surface area contributed by atoms with E-state index in [-0.39, 0.29) is 5.75 Å². The maximum Gasteiger partial charge on any atom is 0.408 e. The number of benzene rings is 2. The molecule has 0 fully saturated rings. The van der Waals surface area contributed by atoms with Gasteiger partial charge in [0, 0.05) is 17.4 Å². The van der Waals surface area contributed by atoms with Gasteiger partial charge in [-0.25, -0.2) is 9.59 Å². The maximum atomic E-state index is 13.9. The molecule has 0 aromatic heterocycles. The molecule has 0 bridgehead atoms. The molecule has 250 valence electrons. The van der Waals surface area contributed by atoms with Gasteiger partial charge in [-0.15, -0.1) is 0 Å². The number of hydrogen-bond donors (Lipinski definition) is 3. The second-order valence-corrected chi connectivity index (χ2v) is 13.9. The molecule has 2 amide bonds. The quantitative estimate of drug-likeness (QED) is 0.117. The number of aliphatic carboxylic acids is 1. The van der Waals surface area contributed by atoms with Crippen LogP contribution in [-0.4, -0.2) is 52.3 Å². The number of allylic oxidation sites excluding steroid dienone is 5. The first-order chi connectivity index (χ1) is 21.8. The molecule has 0 radical (unpaired) electrons. The van der Waals surface area contributed by atoms with Crippen LogP contribution < -0.4 is 10.6 Å². The van der Waals surface area contributed by atoms with Crippen LogP contribution in [0.1, 0.15) is 91.2 Å². The van der Waals surface area contributed by atoms with Crippen LogP contribution in [0.5, 0.6) is 0 Å². The van der Waals surface area contributed by atoms with E-state index >= 15 is 0 Å². The monoisotopic (exact) mass is 648 g/mol. The Kier molecular flexibility index (Phi) is 16.4. The highest BCUT2D eigenvalue weighted by Crippen LogP contribution is 2.29. The predicted octanol–water partition coefficient (Wildman–Crippen LogP) is 8.43. The van der Waals surface area contributed by atoms with Crippen LogP contribution in [0.25, 0.3) is 0 Å². The Balaban J connectivity index is 2.14. The molecule has 3 N–H and O–H groups in total. The second-order valence-electron chi connectivity index (χ2n) is 12.8. The van der Waals surface area contributed by atoms with Gasteiger partial charge in [0.2, 0.25) is 5.91 Å². The minimum absolute atomic E-state index is 0.175. The molecular weight excluding hydrogens is 596 g/mol. The Hall–Kier alpha value is -3.78. The van der Waals surface area contributed by atoms with Crippen molar-refractivity contribution in [1.29, 1.82) is 0 Å². The van der Waals surface area contributed by atoms with Gasteiger partial charge in [0.05, 0.1) is 0 Å². The Morgan fingerprint density at radius 2 is 1.33 bits per heavy atom. The first-order valence-electron chi connectivity index (χ1n) is 15.9. The summed E-state index contributed by atoms with van der Waals surface area (Å²) < 4.78 is 5.50. The fraction of sp³-hybridized carbons (Fsp3) is 0.447. The van der Waals surface area contributed by atoms with Crippen molar-refractivity contribution < 1.29 is 24.2 Å². The summed E-state index contributed by atoms with van der Waals surface area (Å²) >= 11 is 1.44. The van der Waals surface area contributed by atoms with Crippen LogP contribution in [-0.2, 0) is 14.3 Å². The molecule has 8 heteroatoms. The number of carbonyl (C=O) groups excluding carboxylic acids is 2. The van der Waals surface area contributed by atoms with Crippen molar-refractivity contribution in [3.8, 4) is 0 Å². The number of nitrogens with one attached hydrogen (secondary N) is 2. The van der Waals surface area contributed by atoms with Gasteiger partial charge >= 0.3 is 12.1 Å². The normalized spacial score (nSPS) is 13.5. The van der Waals surface area contributed by atoms with Crippen LogP contribution in [0, 0.1) is 0 Å². The van der Waals surface area contributed by atoms with Crippen molar-refractivity contribution in [2.75, 3.05) is 11.5 Å². The molecule has 2 rings (SSSR count). The molecule has 0 unspecified atom stereocenters. The van der Waals surface area contributed by atoms with Gasteiger partial charge in [-0.2, -0.15) is 11.8 Å². The fourth-order valence-corrected chi connectivity index (χ4v) is 5.80. The molecule has 0 spiro atoms. The molecule has 0 aliphatic heterocycles. The third-order valence-corrected chi connectivity index (χ3v) is 8.15. The van der Waals surface area contributed by atoms with E-state index in [0.717, 1.165) is 36.8 Å². The van der Waals surface area contributed by atoms with Crippen molar-refractivity contribution >= 4 is 29.7 Å². The molecule has 2 aromatic rings. The summed E-state index contributed by atoms with van der Waals surface area (Å²) in [6.45, 7) is 13.7. The van der Waals surface area contributed by atoms with Crippen molar-refractivity contribution in [1.82, 2.24) is 10.6 Å². The van der Waals surface area contributed by atoms with E-state index in [4.69, 9.17) is 4.74 Å². The number of hydrogen-bond acceptors (Lipinski definition) is 5. The van der Waals surface area contributed by atoms with E-state index in [2.05, 4.69) is 56.6 Å². The van der Waals surface area contributed by atoms with Gasteiger partial charge in [-0.3, -0.25) is 4.79 Å².